The topological polar surface area (TPSA) is 0 Å². The largest absolute Gasteiger partial charge is 0.316 e. The van der Waals surface area contributed by atoms with Crippen LogP contribution >= 0.6 is 0 Å². The highest BCUT2D eigenvalue weighted by Crippen LogP contribution is 2.24. The zero-order chi connectivity index (χ0) is 39.0. The fourth-order valence-electron chi connectivity index (χ4n) is 8.52. The quantitative estimate of drug-likeness (QED) is 0.0361. The molecule has 0 bridgehead atoms. The summed E-state index contributed by atoms with van der Waals surface area (Å²) in [7, 11) is 0. The van der Waals surface area contributed by atoms with Crippen molar-refractivity contribution in [3.05, 3.63) is 96.1 Å². The minimum absolute atomic E-state index is 1.16. The molecule has 0 radical (unpaired) electrons. The van der Waals surface area contributed by atoms with Crippen LogP contribution in [-0.2, 0) is 13.1 Å². The number of hydrogen-bond acceptors (Lipinski definition) is 0. The Kier molecular flexibility index (Phi) is 33.4. The highest BCUT2D eigenvalue weighted by molar-refractivity contribution is 5.15. The highest BCUT2D eigenvalue weighted by Gasteiger charge is 2.27. The van der Waals surface area contributed by atoms with Gasteiger partial charge in [0.05, 0.1) is 13.1 Å². The van der Waals surface area contributed by atoms with Gasteiger partial charge in [-0.15, -0.1) is 0 Å². The SMILES string of the molecule is CCCCCCC/C=C/CCCCCCCCCCC[N+](CCCCCCCCCCC/C=C/CCCCCCC)(Cc1ccccc1)Cc1ccccc1. The van der Waals surface area contributed by atoms with Crippen molar-refractivity contribution >= 4 is 0 Å². The van der Waals surface area contributed by atoms with Crippen LogP contribution in [0.3, 0.4) is 0 Å². The molecular formula is C54H92N+. The van der Waals surface area contributed by atoms with Crippen molar-refractivity contribution in [2.75, 3.05) is 13.1 Å². The first-order chi connectivity index (χ1) is 27.3. The summed E-state index contributed by atoms with van der Waals surface area (Å²) >= 11 is 0. The minimum Gasteiger partial charge on any atom is -0.316 e. The average molecular weight is 755 g/mol. The van der Waals surface area contributed by atoms with Crippen molar-refractivity contribution in [1.82, 2.24) is 0 Å². The Hall–Kier alpha value is -2.12. The molecule has 0 heterocycles. The zero-order valence-electron chi connectivity index (χ0n) is 37.0. The first-order valence-corrected chi connectivity index (χ1v) is 24.5. The maximum Gasteiger partial charge on any atom is 0.105 e. The molecule has 0 unspecified atom stereocenters. The summed E-state index contributed by atoms with van der Waals surface area (Å²) in [6.07, 6.45) is 54.2. The van der Waals surface area contributed by atoms with Crippen molar-refractivity contribution < 1.29 is 4.48 Å². The monoisotopic (exact) mass is 755 g/mol. The number of quaternary nitrogens is 1. The molecule has 0 amide bonds. The van der Waals surface area contributed by atoms with Gasteiger partial charge in [0.2, 0.25) is 0 Å². The average Bonchev–Trinajstić information content (AvgIpc) is 3.20. The Balaban J connectivity index is 1.66. The Bertz CT molecular complexity index is 1010. The van der Waals surface area contributed by atoms with E-state index in [9.17, 15) is 0 Å². The van der Waals surface area contributed by atoms with E-state index in [1.54, 1.807) is 0 Å². The fraction of sp³-hybridized carbons (Fsp3) is 0.704. The van der Waals surface area contributed by atoms with Gasteiger partial charge >= 0.3 is 0 Å². The molecule has 55 heavy (non-hydrogen) atoms. The van der Waals surface area contributed by atoms with Gasteiger partial charge in [-0.1, -0.05) is 227 Å². The van der Waals surface area contributed by atoms with Crippen LogP contribution in [0.2, 0.25) is 0 Å². The normalized spacial score (nSPS) is 12.1. The molecule has 2 rings (SSSR count). The summed E-state index contributed by atoms with van der Waals surface area (Å²) in [5, 5.41) is 0. The predicted molar refractivity (Wildman–Crippen MR) is 248 cm³/mol. The summed E-state index contributed by atoms with van der Waals surface area (Å²) in [5.74, 6) is 0. The molecule has 0 aliphatic carbocycles. The van der Waals surface area contributed by atoms with Crippen molar-refractivity contribution in [3.63, 3.8) is 0 Å². The van der Waals surface area contributed by atoms with E-state index in [2.05, 4.69) is 98.8 Å². The van der Waals surface area contributed by atoms with Gasteiger partial charge in [-0.05, 0) is 77.0 Å². The van der Waals surface area contributed by atoms with E-state index in [0.29, 0.717) is 0 Å². The van der Waals surface area contributed by atoms with E-state index < -0.39 is 0 Å². The minimum atomic E-state index is 1.16. The van der Waals surface area contributed by atoms with Crippen LogP contribution in [-0.4, -0.2) is 17.6 Å². The second kappa shape index (κ2) is 37.5. The molecule has 0 atom stereocenters. The lowest BCUT2D eigenvalue weighted by atomic mass is 10.0. The summed E-state index contributed by atoms with van der Waals surface area (Å²) < 4.78 is 1.22. The Morgan fingerprint density at radius 1 is 0.309 bits per heavy atom. The van der Waals surface area contributed by atoms with Crippen LogP contribution in [0.5, 0.6) is 0 Å². The van der Waals surface area contributed by atoms with E-state index in [0.717, 1.165) is 13.1 Å². The van der Waals surface area contributed by atoms with Crippen LogP contribution in [0, 0.1) is 0 Å². The maximum atomic E-state index is 2.45. The Morgan fingerprint density at radius 2 is 0.564 bits per heavy atom. The van der Waals surface area contributed by atoms with Gasteiger partial charge in [-0.3, -0.25) is 0 Å². The van der Waals surface area contributed by atoms with Gasteiger partial charge in [-0.2, -0.15) is 0 Å². The second-order valence-electron chi connectivity index (χ2n) is 17.4. The molecule has 0 aliphatic rings. The number of allylic oxidation sites excluding steroid dienone is 4. The molecule has 0 saturated heterocycles. The van der Waals surface area contributed by atoms with E-state index in [1.165, 1.54) is 234 Å². The molecular weight excluding hydrogens is 663 g/mol. The Labute approximate surface area is 344 Å². The van der Waals surface area contributed by atoms with Crippen LogP contribution in [0.15, 0.2) is 85.0 Å². The van der Waals surface area contributed by atoms with E-state index >= 15 is 0 Å². The zero-order valence-corrected chi connectivity index (χ0v) is 37.0. The molecule has 0 fully saturated rings. The maximum absolute atomic E-state index is 2.45. The van der Waals surface area contributed by atoms with Crippen LogP contribution in [0.4, 0.5) is 0 Å². The highest BCUT2D eigenvalue weighted by atomic mass is 15.3. The van der Waals surface area contributed by atoms with Crippen LogP contribution < -0.4 is 0 Å². The van der Waals surface area contributed by atoms with E-state index in [4.69, 9.17) is 0 Å². The molecule has 0 spiro atoms. The fourth-order valence-corrected chi connectivity index (χ4v) is 8.52. The third kappa shape index (κ3) is 29.7. The predicted octanol–water partition coefficient (Wildman–Crippen LogP) is 17.8. The van der Waals surface area contributed by atoms with Crippen molar-refractivity contribution in [1.29, 1.82) is 0 Å². The van der Waals surface area contributed by atoms with Crippen molar-refractivity contribution in [2.45, 2.75) is 232 Å². The summed E-state index contributed by atoms with van der Waals surface area (Å²) in [5.41, 5.74) is 3.02. The number of rotatable bonds is 40. The standard InChI is InChI=1S/C54H92N/c1-3-5-7-9-11-13-15-17-19-21-23-25-27-29-31-33-35-43-49-55(51-53-45-39-37-40-46-53,52-54-47-41-38-42-48-54)50-44-36-34-32-30-28-26-24-22-20-18-16-14-12-10-8-6-4-2/h15-18,37-42,45-48H,3-14,19-36,43-44,49-52H2,1-2H3/q+1/b17-15+,18-16+. The van der Waals surface area contributed by atoms with Crippen molar-refractivity contribution in [2.24, 2.45) is 0 Å². The Morgan fingerprint density at radius 3 is 0.855 bits per heavy atom. The van der Waals surface area contributed by atoms with Gasteiger partial charge in [-0.25, -0.2) is 0 Å². The third-order valence-corrected chi connectivity index (χ3v) is 12.0. The van der Waals surface area contributed by atoms with Crippen LogP contribution in [0.25, 0.3) is 0 Å². The molecule has 312 valence electrons. The van der Waals surface area contributed by atoms with Gasteiger partial charge in [0.1, 0.15) is 13.1 Å². The lowest BCUT2D eigenvalue weighted by Gasteiger charge is -2.39. The summed E-state index contributed by atoms with van der Waals surface area (Å²) in [6, 6.07) is 22.8. The summed E-state index contributed by atoms with van der Waals surface area (Å²) in [6.45, 7) is 9.55. The number of benzene rings is 2. The van der Waals surface area contributed by atoms with E-state index in [-0.39, 0.29) is 0 Å². The van der Waals surface area contributed by atoms with Gasteiger partial charge in [0, 0.05) is 11.1 Å². The second-order valence-corrected chi connectivity index (χ2v) is 17.4. The van der Waals surface area contributed by atoms with Crippen molar-refractivity contribution in [3.8, 4) is 0 Å². The number of unbranched alkanes of at least 4 members (excludes halogenated alkanes) is 28. The summed E-state index contributed by atoms with van der Waals surface area (Å²) in [4.78, 5) is 0. The first-order valence-electron chi connectivity index (χ1n) is 24.5. The smallest absolute Gasteiger partial charge is 0.105 e. The number of hydrogen-bond donors (Lipinski definition) is 0. The third-order valence-electron chi connectivity index (χ3n) is 12.0. The molecule has 0 aliphatic heterocycles. The van der Waals surface area contributed by atoms with Gasteiger partial charge in [0.15, 0.2) is 0 Å². The molecule has 1 nitrogen and oxygen atoms in total. The molecule has 2 aromatic carbocycles. The number of nitrogens with zero attached hydrogens (tertiary/aromatic N) is 1. The molecule has 2 aromatic rings. The molecule has 1 heteroatoms. The molecule has 0 aromatic heterocycles. The lowest BCUT2D eigenvalue weighted by Crippen LogP contribution is -2.48. The molecule has 0 saturated carbocycles. The van der Waals surface area contributed by atoms with Gasteiger partial charge < -0.3 is 4.48 Å². The first kappa shape index (κ1) is 49.0. The van der Waals surface area contributed by atoms with Crippen LogP contribution in [0.1, 0.15) is 230 Å². The lowest BCUT2D eigenvalue weighted by molar-refractivity contribution is -0.954. The van der Waals surface area contributed by atoms with E-state index in [1.807, 2.05) is 0 Å². The van der Waals surface area contributed by atoms with Gasteiger partial charge in [0.25, 0.3) is 0 Å². The molecule has 0 N–H and O–H groups in total.